The summed E-state index contributed by atoms with van der Waals surface area (Å²) in [6.45, 7) is 0. The lowest BCUT2D eigenvalue weighted by Crippen LogP contribution is -1.94. The maximum absolute atomic E-state index is 2.51. The van der Waals surface area contributed by atoms with Gasteiger partial charge in [-0.15, -0.1) is 0 Å². The van der Waals surface area contributed by atoms with Crippen molar-refractivity contribution in [3.63, 3.8) is 0 Å². The molecular formula is C78H47N3. The highest BCUT2D eigenvalue weighted by atomic mass is 15.0. The Labute approximate surface area is 465 Å². The van der Waals surface area contributed by atoms with Gasteiger partial charge >= 0.3 is 0 Å². The Morgan fingerprint density at radius 1 is 0.136 bits per heavy atom. The van der Waals surface area contributed by atoms with Crippen molar-refractivity contribution in [3.8, 4) is 39.3 Å². The van der Waals surface area contributed by atoms with Crippen LogP contribution in [0.15, 0.2) is 285 Å². The first-order valence-corrected chi connectivity index (χ1v) is 28.1. The highest BCUT2D eigenvalue weighted by Crippen LogP contribution is 2.46. The van der Waals surface area contributed by atoms with Crippen molar-refractivity contribution >= 4 is 130 Å². The molecule has 374 valence electrons. The van der Waals surface area contributed by atoms with Gasteiger partial charge in [-0.3, -0.25) is 0 Å². The van der Waals surface area contributed by atoms with Crippen LogP contribution in [0.1, 0.15) is 0 Å². The Hall–Kier alpha value is -10.7. The van der Waals surface area contributed by atoms with Crippen LogP contribution in [0, 0.1) is 0 Å². The number of para-hydroxylation sites is 5. The molecule has 3 aromatic heterocycles. The predicted octanol–water partition coefficient (Wildman–Crippen LogP) is 21.2. The van der Waals surface area contributed by atoms with Gasteiger partial charge in [-0.2, -0.15) is 0 Å². The van der Waals surface area contributed by atoms with Crippen molar-refractivity contribution in [1.82, 2.24) is 13.7 Å². The number of fused-ring (bicyclic) bond motifs is 21. The van der Waals surface area contributed by atoms with Crippen LogP contribution < -0.4 is 0 Å². The lowest BCUT2D eigenvalue weighted by molar-refractivity contribution is 1.18. The van der Waals surface area contributed by atoms with Crippen molar-refractivity contribution in [2.24, 2.45) is 0 Å². The highest BCUT2D eigenvalue weighted by Gasteiger charge is 2.22. The molecule has 3 heteroatoms. The number of rotatable bonds is 5. The standard InChI is InChI=1S/C78H47N3/c1-4-18-52(19-5-1)79-73-30-16-14-28-61(73)69-42-50(34-38-75(69)79)48-32-36-59-63(40-48)55-24-10-12-26-57(55)65-44-71-72-45-66-58-27-13-11-25-56(58)64-41-49(33-37-60(64)68(66)47-78(72)81(77(71)46-67(59)65)54-22-8-3-9-23-54)51-35-39-76-70(43-51)62-29-15-17-31-74(62)80(76)53-20-6-2-7-21-53/h1-47H. The van der Waals surface area contributed by atoms with E-state index in [1.807, 2.05) is 0 Å². The molecule has 81 heavy (non-hydrogen) atoms. The molecule has 3 heterocycles. The molecule has 0 unspecified atom stereocenters. The first kappa shape index (κ1) is 44.3. The highest BCUT2D eigenvalue weighted by molar-refractivity contribution is 6.32. The van der Waals surface area contributed by atoms with E-state index in [1.54, 1.807) is 0 Å². The molecule has 0 spiro atoms. The minimum absolute atomic E-state index is 1.14. The van der Waals surface area contributed by atoms with Crippen LogP contribution in [0.3, 0.4) is 0 Å². The summed E-state index contributed by atoms with van der Waals surface area (Å²) in [4.78, 5) is 0. The second kappa shape index (κ2) is 16.9. The zero-order valence-electron chi connectivity index (χ0n) is 44.0. The van der Waals surface area contributed by atoms with Crippen LogP contribution >= 0.6 is 0 Å². The Bertz CT molecular complexity index is 5350. The zero-order chi connectivity index (χ0) is 52.9. The van der Waals surface area contributed by atoms with Gasteiger partial charge in [0.15, 0.2) is 0 Å². The van der Waals surface area contributed by atoms with Crippen molar-refractivity contribution < 1.29 is 0 Å². The van der Waals surface area contributed by atoms with E-state index >= 15 is 0 Å². The van der Waals surface area contributed by atoms with Crippen LogP contribution in [-0.4, -0.2) is 13.7 Å². The summed E-state index contributed by atoms with van der Waals surface area (Å²) in [5.41, 5.74) is 15.5. The third kappa shape index (κ3) is 6.40. The van der Waals surface area contributed by atoms with E-state index in [9.17, 15) is 0 Å². The van der Waals surface area contributed by atoms with Crippen molar-refractivity contribution in [3.05, 3.63) is 285 Å². The maximum Gasteiger partial charge on any atom is 0.0547 e. The molecular weight excluding hydrogens is 979 g/mol. The van der Waals surface area contributed by atoms with Gasteiger partial charge in [0.1, 0.15) is 0 Å². The molecule has 0 N–H and O–H groups in total. The summed E-state index contributed by atoms with van der Waals surface area (Å²) in [6, 6.07) is 106. The third-order valence-corrected chi connectivity index (χ3v) is 17.7. The van der Waals surface area contributed by atoms with E-state index in [0.717, 1.165) is 5.69 Å². The van der Waals surface area contributed by atoms with Gasteiger partial charge in [0.05, 0.1) is 33.1 Å². The van der Waals surface area contributed by atoms with Gasteiger partial charge in [0.2, 0.25) is 0 Å². The number of benzene rings is 15. The first-order chi connectivity index (χ1) is 40.2. The van der Waals surface area contributed by atoms with E-state index in [4.69, 9.17) is 0 Å². The second-order valence-electron chi connectivity index (χ2n) is 22.0. The van der Waals surface area contributed by atoms with Crippen LogP contribution in [0.5, 0.6) is 0 Å². The smallest absolute Gasteiger partial charge is 0.0547 e. The van der Waals surface area contributed by atoms with E-state index in [-0.39, 0.29) is 0 Å². The van der Waals surface area contributed by atoms with E-state index in [1.165, 1.54) is 164 Å². The molecule has 18 rings (SSSR count). The molecule has 3 nitrogen and oxygen atoms in total. The Balaban J connectivity index is 0.846. The van der Waals surface area contributed by atoms with Crippen LogP contribution in [0.4, 0.5) is 0 Å². The van der Waals surface area contributed by atoms with Gasteiger partial charge in [0, 0.05) is 49.4 Å². The molecule has 0 bridgehead atoms. The zero-order valence-corrected chi connectivity index (χ0v) is 44.0. The average molecular weight is 1030 g/mol. The number of aromatic nitrogens is 3. The summed E-state index contributed by atoms with van der Waals surface area (Å²) in [5.74, 6) is 0. The predicted molar refractivity (Wildman–Crippen MR) is 345 cm³/mol. The van der Waals surface area contributed by atoms with Crippen LogP contribution in [0.25, 0.3) is 169 Å². The Kier molecular flexibility index (Phi) is 9.23. The minimum Gasteiger partial charge on any atom is -0.309 e. The fourth-order valence-corrected chi connectivity index (χ4v) is 14.1. The SMILES string of the molecule is c1ccc(-n2c3ccccc3c3cc(-c4ccc5c(c4)c4ccccc4c4cc6c7cc8c9ccccc9c9cc(-c%10ccc%11c(c%10)c%10ccccc%10n%11-c%10ccccc%10)ccc9c8cc7n(-c7ccccc7)c6cc54)ccc32)cc1. The van der Waals surface area contributed by atoms with Gasteiger partial charge in [-0.1, -0.05) is 176 Å². The fourth-order valence-electron chi connectivity index (χ4n) is 14.1. The van der Waals surface area contributed by atoms with Gasteiger partial charge in [-0.05, 0) is 196 Å². The molecule has 0 saturated heterocycles. The number of hydrogen-bond acceptors (Lipinski definition) is 0. The van der Waals surface area contributed by atoms with Gasteiger partial charge in [0.25, 0.3) is 0 Å². The molecule has 0 atom stereocenters. The summed E-state index contributed by atoms with van der Waals surface area (Å²) < 4.78 is 7.29. The summed E-state index contributed by atoms with van der Waals surface area (Å²) in [7, 11) is 0. The molecule has 0 radical (unpaired) electrons. The van der Waals surface area contributed by atoms with Crippen LogP contribution in [-0.2, 0) is 0 Å². The van der Waals surface area contributed by atoms with E-state index in [0.29, 0.717) is 0 Å². The molecule has 0 aliphatic carbocycles. The Morgan fingerprint density at radius 2 is 0.383 bits per heavy atom. The topological polar surface area (TPSA) is 14.8 Å². The molecule has 18 aromatic rings. The molecule has 15 aromatic carbocycles. The number of hydrogen-bond donors (Lipinski definition) is 0. The summed E-state index contributed by atoms with van der Waals surface area (Å²) in [5, 5.41) is 22.6. The van der Waals surface area contributed by atoms with Crippen molar-refractivity contribution in [2.45, 2.75) is 0 Å². The lowest BCUT2D eigenvalue weighted by Gasteiger charge is -2.14. The first-order valence-electron chi connectivity index (χ1n) is 28.1. The lowest BCUT2D eigenvalue weighted by atomic mass is 9.90. The summed E-state index contributed by atoms with van der Waals surface area (Å²) >= 11 is 0. The average Bonchev–Trinajstić information content (AvgIpc) is 4.39. The normalized spacial score (nSPS) is 12.2. The molecule has 0 aliphatic heterocycles. The third-order valence-electron chi connectivity index (χ3n) is 17.7. The Morgan fingerprint density at radius 3 is 0.765 bits per heavy atom. The maximum atomic E-state index is 2.51. The molecule has 0 saturated carbocycles. The second-order valence-corrected chi connectivity index (χ2v) is 22.0. The van der Waals surface area contributed by atoms with Crippen LogP contribution in [0.2, 0.25) is 0 Å². The molecule has 0 amide bonds. The van der Waals surface area contributed by atoms with Gasteiger partial charge < -0.3 is 13.7 Å². The minimum atomic E-state index is 1.14. The number of nitrogens with zero attached hydrogens (tertiary/aromatic N) is 3. The van der Waals surface area contributed by atoms with Crippen molar-refractivity contribution in [2.75, 3.05) is 0 Å². The fraction of sp³-hybridized carbons (Fsp3) is 0. The molecule has 0 fully saturated rings. The largest absolute Gasteiger partial charge is 0.309 e. The van der Waals surface area contributed by atoms with E-state index in [2.05, 4.69) is 299 Å². The molecule has 0 aliphatic rings. The van der Waals surface area contributed by atoms with E-state index < -0.39 is 0 Å². The van der Waals surface area contributed by atoms with Crippen molar-refractivity contribution in [1.29, 1.82) is 0 Å². The monoisotopic (exact) mass is 1030 g/mol. The van der Waals surface area contributed by atoms with Gasteiger partial charge in [-0.25, -0.2) is 0 Å². The summed E-state index contributed by atoms with van der Waals surface area (Å²) in [6.07, 6.45) is 0. The quantitative estimate of drug-likeness (QED) is 0.153.